The fourth-order valence-corrected chi connectivity index (χ4v) is 5.02. The lowest BCUT2D eigenvalue weighted by atomic mass is 9.79. The van der Waals surface area contributed by atoms with Crippen LogP contribution in [0.5, 0.6) is 5.75 Å². The minimum absolute atomic E-state index is 0.00626. The zero-order chi connectivity index (χ0) is 24.2. The fraction of sp³-hybridized carbons (Fsp3) is 0.391. The zero-order valence-corrected chi connectivity index (χ0v) is 20.3. The van der Waals surface area contributed by atoms with Gasteiger partial charge < -0.3 is 14.8 Å². The van der Waals surface area contributed by atoms with Gasteiger partial charge in [-0.05, 0) is 48.7 Å². The first-order valence-electron chi connectivity index (χ1n) is 10.4. The molecule has 0 saturated heterocycles. The number of esters is 1. The first kappa shape index (κ1) is 25.0. The molecule has 0 spiro atoms. The number of anilines is 1. The van der Waals surface area contributed by atoms with Crippen LogP contribution in [0.25, 0.3) is 0 Å². The average Bonchev–Trinajstić information content (AvgIpc) is 3.29. The number of benzene rings is 2. The predicted octanol–water partition coefficient (Wildman–Crippen LogP) is 3.59. The summed E-state index contributed by atoms with van der Waals surface area (Å²) in [7, 11) is 0.524. The van der Waals surface area contributed by atoms with Crippen LogP contribution in [0.3, 0.4) is 0 Å². The van der Waals surface area contributed by atoms with E-state index in [4.69, 9.17) is 21.1 Å². The van der Waals surface area contributed by atoms with Crippen molar-refractivity contribution in [2.45, 2.75) is 36.0 Å². The monoisotopic (exact) mass is 494 g/mol. The van der Waals surface area contributed by atoms with Crippen molar-refractivity contribution in [1.82, 2.24) is 4.31 Å². The van der Waals surface area contributed by atoms with Gasteiger partial charge in [0, 0.05) is 19.1 Å². The number of ether oxygens (including phenoxy) is 2. The van der Waals surface area contributed by atoms with E-state index in [-0.39, 0.29) is 16.3 Å². The molecule has 10 heteroatoms. The highest BCUT2D eigenvalue weighted by atomic mass is 35.5. The molecule has 2 aromatic carbocycles. The Hall–Kier alpha value is -2.62. The maximum atomic E-state index is 13.0. The Morgan fingerprint density at radius 2 is 1.73 bits per heavy atom. The molecule has 0 aliphatic heterocycles. The van der Waals surface area contributed by atoms with Gasteiger partial charge in [0.2, 0.25) is 10.0 Å². The van der Waals surface area contributed by atoms with Crippen molar-refractivity contribution in [3.8, 4) is 5.75 Å². The van der Waals surface area contributed by atoms with E-state index in [0.29, 0.717) is 17.9 Å². The highest BCUT2D eigenvalue weighted by molar-refractivity contribution is 7.89. The van der Waals surface area contributed by atoms with Crippen molar-refractivity contribution in [3.05, 3.63) is 53.1 Å². The summed E-state index contributed by atoms with van der Waals surface area (Å²) in [6, 6.07) is 11.2. The number of carbonyl (C=O) groups excluding carboxylic acids is 2. The molecule has 8 nitrogen and oxygen atoms in total. The van der Waals surface area contributed by atoms with Gasteiger partial charge in [0.15, 0.2) is 6.61 Å². The second kappa shape index (κ2) is 10.1. The fourth-order valence-electron chi connectivity index (χ4n) is 3.97. The summed E-state index contributed by atoms with van der Waals surface area (Å²) in [5, 5.41) is 3.15. The Morgan fingerprint density at radius 1 is 1.09 bits per heavy atom. The Morgan fingerprint density at radius 3 is 2.30 bits per heavy atom. The highest BCUT2D eigenvalue weighted by Gasteiger charge is 2.44. The Bertz CT molecular complexity index is 1130. The number of nitrogens with zero attached hydrogens (tertiary/aromatic N) is 1. The highest BCUT2D eigenvalue weighted by Crippen LogP contribution is 2.42. The average molecular weight is 495 g/mol. The van der Waals surface area contributed by atoms with Gasteiger partial charge >= 0.3 is 5.97 Å². The van der Waals surface area contributed by atoms with Crippen molar-refractivity contribution >= 4 is 39.2 Å². The number of hydrogen-bond acceptors (Lipinski definition) is 6. The zero-order valence-electron chi connectivity index (χ0n) is 18.8. The number of rotatable bonds is 8. The van der Waals surface area contributed by atoms with E-state index in [1.54, 1.807) is 12.1 Å². The van der Waals surface area contributed by atoms with E-state index in [2.05, 4.69) is 5.32 Å². The van der Waals surface area contributed by atoms with E-state index in [1.165, 1.54) is 39.4 Å². The number of sulfonamides is 1. The molecule has 3 rings (SSSR count). The first-order valence-corrected chi connectivity index (χ1v) is 12.3. The number of amides is 1. The van der Waals surface area contributed by atoms with Gasteiger partial charge in [0.05, 0.1) is 23.1 Å². The summed E-state index contributed by atoms with van der Waals surface area (Å²) in [6.45, 7) is -0.512. The van der Waals surface area contributed by atoms with Gasteiger partial charge in [-0.3, -0.25) is 9.59 Å². The van der Waals surface area contributed by atoms with Crippen molar-refractivity contribution in [2.75, 3.05) is 33.1 Å². The van der Waals surface area contributed by atoms with Crippen LogP contribution >= 0.6 is 11.6 Å². The van der Waals surface area contributed by atoms with Crippen LogP contribution in [-0.4, -0.2) is 52.4 Å². The molecule has 1 N–H and O–H groups in total. The van der Waals surface area contributed by atoms with Gasteiger partial charge in [0.25, 0.3) is 5.91 Å². The molecular weight excluding hydrogens is 468 g/mol. The normalized spacial score (nSPS) is 15.3. The Balaban J connectivity index is 1.73. The van der Waals surface area contributed by atoms with Crippen molar-refractivity contribution < 1.29 is 27.5 Å². The van der Waals surface area contributed by atoms with Crippen LogP contribution in [0.15, 0.2) is 47.4 Å². The minimum atomic E-state index is -3.71. The van der Waals surface area contributed by atoms with Crippen LogP contribution < -0.4 is 10.1 Å². The summed E-state index contributed by atoms with van der Waals surface area (Å²) < 4.78 is 36.5. The molecule has 1 fully saturated rings. The molecule has 1 aliphatic rings. The Labute approximate surface area is 198 Å². The third-order valence-corrected chi connectivity index (χ3v) is 7.87. The summed E-state index contributed by atoms with van der Waals surface area (Å²) in [5.74, 6) is -0.792. The molecule has 1 aliphatic carbocycles. The molecule has 178 valence electrons. The summed E-state index contributed by atoms with van der Waals surface area (Å²) in [4.78, 5) is 25.6. The van der Waals surface area contributed by atoms with E-state index in [9.17, 15) is 18.0 Å². The summed E-state index contributed by atoms with van der Waals surface area (Å²) in [6.07, 6.45) is 3.03. The minimum Gasteiger partial charge on any atom is -0.495 e. The van der Waals surface area contributed by atoms with Gasteiger partial charge in [-0.15, -0.1) is 0 Å². The molecule has 0 radical (unpaired) electrons. The number of hydrogen-bond donors (Lipinski definition) is 1. The van der Waals surface area contributed by atoms with Crippen LogP contribution in [0.2, 0.25) is 5.02 Å². The van der Waals surface area contributed by atoms with Crippen LogP contribution in [0.4, 0.5) is 5.69 Å². The maximum Gasteiger partial charge on any atom is 0.317 e. The predicted molar refractivity (Wildman–Crippen MR) is 125 cm³/mol. The van der Waals surface area contributed by atoms with Crippen LogP contribution in [0, 0.1) is 0 Å². The van der Waals surface area contributed by atoms with E-state index >= 15 is 0 Å². The molecule has 33 heavy (non-hydrogen) atoms. The molecule has 1 amide bonds. The van der Waals surface area contributed by atoms with Crippen molar-refractivity contribution in [2.24, 2.45) is 0 Å². The number of methoxy groups -OCH3 is 1. The molecule has 0 aromatic heterocycles. The maximum absolute atomic E-state index is 13.0. The smallest absolute Gasteiger partial charge is 0.317 e. The molecule has 0 bridgehead atoms. The third kappa shape index (κ3) is 5.31. The number of nitrogens with one attached hydrogen (secondary N) is 1. The lowest BCUT2D eigenvalue weighted by molar-refractivity contribution is -0.153. The quantitative estimate of drug-likeness (QED) is 0.562. The van der Waals surface area contributed by atoms with Crippen molar-refractivity contribution in [1.29, 1.82) is 0 Å². The van der Waals surface area contributed by atoms with Crippen LogP contribution in [-0.2, 0) is 29.8 Å². The molecule has 0 atom stereocenters. The molecule has 0 heterocycles. The van der Waals surface area contributed by atoms with E-state index < -0.39 is 33.9 Å². The van der Waals surface area contributed by atoms with Gasteiger partial charge in [-0.25, -0.2) is 12.7 Å². The largest absolute Gasteiger partial charge is 0.495 e. The molecular formula is C23H27ClN2O6S. The van der Waals surface area contributed by atoms with Crippen LogP contribution in [0.1, 0.15) is 31.2 Å². The SMILES string of the molecule is COc1ccc(S(=O)(=O)N(C)C)cc1NC(=O)COC(=O)C1(c2ccc(Cl)cc2)CCCC1. The van der Waals surface area contributed by atoms with Crippen molar-refractivity contribution in [3.63, 3.8) is 0 Å². The lowest BCUT2D eigenvalue weighted by Gasteiger charge is -2.27. The van der Waals surface area contributed by atoms with Gasteiger partial charge in [0.1, 0.15) is 5.75 Å². The van der Waals surface area contributed by atoms with E-state index in [1.807, 2.05) is 12.1 Å². The third-order valence-electron chi connectivity index (χ3n) is 5.80. The van der Waals surface area contributed by atoms with E-state index in [0.717, 1.165) is 22.7 Å². The topological polar surface area (TPSA) is 102 Å². The molecule has 2 aromatic rings. The molecule has 1 saturated carbocycles. The standard InChI is InChI=1S/C23H27ClN2O6S/c1-26(2)33(29,30)18-10-11-20(31-3)19(14-18)25-21(27)15-32-22(28)23(12-4-5-13-23)16-6-8-17(24)9-7-16/h6-11,14H,4-5,12-13,15H2,1-3H3,(H,25,27). The van der Waals surface area contributed by atoms with Gasteiger partial charge in [-0.1, -0.05) is 36.6 Å². The number of carbonyl (C=O) groups is 2. The second-order valence-electron chi connectivity index (χ2n) is 8.07. The second-order valence-corrected chi connectivity index (χ2v) is 10.7. The Kier molecular flexibility index (Phi) is 7.66. The summed E-state index contributed by atoms with van der Waals surface area (Å²) >= 11 is 5.98. The summed E-state index contributed by atoms with van der Waals surface area (Å²) in [5.41, 5.74) is 0.176. The number of halogens is 1. The molecule has 0 unspecified atom stereocenters. The first-order chi connectivity index (χ1) is 15.6. The van der Waals surface area contributed by atoms with Gasteiger partial charge in [-0.2, -0.15) is 0 Å². The lowest BCUT2D eigenvalue weighted by Crippen LogP contribution is -2.36.